The van der Waals surface area contributed by atoms with E-state index in [-0.39, 0.29) is 36.3 Å². The van der Waals surface area contributed by atoms with E-state index in [0.29, 0.717) is 6.54 Å². The van der Waals surface area contributed by atoms with Crippen molar-refractivity contribution in [3.8, 4) is 0 Å². The third-order valence-corrected chi connectivity index (χ3v) is 10.8. The molecule has 2 aromatic rings. The van der Waals surface area contributed by atoms with Crippen LogP contribution in [0.5, 0.6) is 0 Å². The maximum atomic E-state index is 13.0. The number of rotatable bonds is 8. The van der Waals surface area contributed by atoms with E-state index in [1.54, 1.807) is 0 Å². The maximum Gasteiger partial charge on any atom is 0.315 e. The summed E-state index contributed by atoms with van der Waals surface area (Å²) in [7, 11) is 0. The van der Waals surface area contributed by atoms with Crippen LogP contribution >= 0.6 is 0 Å². The van der Waals surface area contributed by atoms with E-state index >= 15 is 0 Å². The number of hydrogen-bond donors (Lipinski definition) is 3. The molecule has 2 heterocycles. The summed E-state index contributed by atoms with van der Waals surface area (Å²) in [6, 6.07) is 16.3. The number of carbonyl (C=O) groups excluding carboxylic acids is 1. The molecule has 4 bridgehead atoms. The minimum atomic E-state index is -0.494. The summed E-state index contributed by atoms with van der Waals surface area (Å²) >= 11 is 0. The number of nitrogens with one attached hydrogen (secondary N) is 2. The van der Waals surface area contributed by atoms with Gasteiger partial charge in [0, 0.05) is 43.2 Å². The van der Waals surface area contributed by atoms with Gasteiger partial charge < -0.3 is 30.0 Å². The molecule has 8 rings (SSSR count). The Hall–Kier alpha value is -2.49. The second kappa shape index (κ2) is 12.5. The number of aliphatic hydroxyl groups excluding tert-OH is 1. The first-order chi connectivity index (χ1) is 20.9. The SMILES string of the molecule is CC1C(CN2CCOCC2)OC(c2ccc(CNC(=O)NC34CC5CC(CC(C5)C3)C4)cc2)OC1c1ccc(CO)cc1. The Kier molecular flexibility index (Phi) is 8.49. The van der Waals surface area contributed by atoms with Gasteiger partial charge in [-0.15, -0.1) is 0 Å². The molecule has 4 unspecified atom stereocenters. The lowest BCUT2D eigenvalue weighted by molar-refractivity contribution is -0.277. The Morgan fingerprint density at radius 1 is 0.884 bits per heavy atom. The zero-order valence-electron chi connectivity index (χ0n) is 25.4. The zero-order valence-corrected chi connectivity index (χ0v) is 25.4. The monoisotopic (exact) mass is 589 g/mol. The van der Waals surface area contributed by atoms with Crippen LogP contribution in [0.4, 0.5) is 4.79 Å². The van der Waals surface area contributed by atoms with Gasteiger partial charge in [-0.2, -0.15) is 0 Å². The molecular formula is C35H47N3O5. The summed E-state index contributed by atoms with van der Waals surface area (Å²) in [5.74, 6) is 2.56. The van der Waals surface area contributed by atoms with Crippen molar-refractivity contribution in [3.05, 3.63) is 70.8 Å². The van der Waals surface area contributed by atoms with E-state index in [1.165, 1.54) is 19.3 Å². The first kappa shape index (κ1) is 29.2. The lowest BCUT2D eigenvalue weighted by Crippen LogP contribution is -2.61. The molecule has 0 aromatic heterocycles. The number of aliphatic hydroxyl groups is 1. The maximum absolute atomic E-state index is 13.0. The molecule has 4 aliphatic carbocycles. The van der Waals surface area contributed by atoms with Crippen molar-refractivity contribution in [2.24, 2.45) is 23.7 Å². The van der Waals surface area contributed by atoms with Gasteiger partial charge in [0.05, 0.1) is 32.0 Å². The summed E-state index contributed by atoms with van der Waals surface area (Å²) in [5.41, 5.74) is 4.02. The number of carbonyl (C=O) groups is 1. The van der Waals surface area contributed by atoms with E-state index in [1.807, 2.05) is 12.1 Å². The Bertz CT molecular complexity index is 1210. The fraction of sp³-hybridized carbons (Fsp3) is 0.629. The number of urea groups is 1. The molecule has 6 fully saturated rings. The van der Waals surface area contributed by atoms with Crippen LogP contribution in [0.2, 0.25) is 0 Å². The lowest BCUT2D eigenvalue weighted by atomic mass is 9.53. The van der Waals surface area contributed by atoms with E-state index in [4.69, 9.17) is 14.2 Å². The number of morpholine rings is 1. The average Bonchev–Trinajstić information content (AvgIpc) is 3.01. The zero-order chi connectivity index (χ0) is 29.4. The second-order valence-electron chi connectivity index (χ2n) is 14.0. The Balaban J connectivity index is 0.999. The number of benzene rings is 2. The van der Waals surface area contributed by atoms with Crippen molar-refractivity contribution in [1.82, 2.24) is 15.5 Å². The predicted molar refractivity (Wildman–Crippen MR) is 163 cm³/mol. The molecule has 43 heavy (non-hydrogen) atoms. The minimum Gasteiger partial charge on any atom is -0.392 e. The van der Waals surface area contributed by atoms with Gasteiger partial charge in [-0.25, -0.2) is 4.79 Å². The summed E-state index contributed by atoms with van der Waals surface area (Å²) in [6.45, 7) is 6.87. The summed E-state index contributed by atoms with van der Waals surface area (Å²) in [4.78, 5) is 15.4. The molecule has 2 aliphatic heterocycles. The molecule has 0 radical (unpaired) electrons. The van der Waals surface area contributed by atoms with Crippen LogP contribution in [0, 0.1) is 23.7 Å². The first-order valence-electron chi connectivity index (χ1n) is 16.4. The molecule has 2 aromatic carbocycles. The fourth-order valence-corrected chi connectivity index (χ4v) is 8.89. The van der Waals surface area contributed by atoms with Gasteiger partial charge in [-0.1, -0.05) is 55.5 Å². The number of ether oxygens (including phenoxy) is 3. The van der Waals surface area contributed by atoms with Crippen LogP contribution < -0.4 is 10.6 Å². The molecule has 0 spiro atoms. The van der Waals surface area contributed by atoms with Crippen LogP contribution in [0.3, 0.4) is 0 Å². The highest BCUT2D eigenvalue weighted by atomic mass is 16.7. The predicted octanol–water partition coefficient (Wildman–Crippen LogP) is 5.07. The van der Waals surface area contributed by atoms with Gasteiger partial charge in [-0.05, 0) is 73.0 Å². The number of amides is 2. The molecule has 2 saturated heterocycles. The van der Waals surface area contributed by atoms with Crippen LogP contribution in [0.15, 0.2) is 48.5 Å². The molecule has 6 aliphatic rings. The smallest absolute Gasteiger partial charge is 0.315 e. The minimum absolute atomic E-state index is 0.00556. The molecule has 3 N–H and O–H groups in total. The highest BCUT2D eigenvalue weighted by molar-refractivity contribution is 5.75. The Labute approximate surface area is 255 Å². The Morgan fingerprint density at radius 3 is 2.12 bits per heavy atom. The molecule has 8 heteroatoms. The molecule has 232 valence electrons. The van der Waals surface area contributed by atoms with Gasteiger partial charge >= 0.3 is 6.03 Å². The van der Waals surface area contributed by atoms with Crippen molar-refractivity contribution in [2.45, 2.75) is 82.6 Å². The fourth-order valence-electron chi connectivity index (χ4n) is 8.89. The van der Waals surface area contributed by atoms with Crippen LogP contribution in [-0.2, 0) is 27.4 Å². The molecule has 8 nitrogen and oxygen atoms in total. The van der Waals surface area contributed by atoms with E-state index in [0.717, 1.165) is 92.1 Å². The van der Waals surface area contributed by atoms with Crippen molar-refractivity contribution in [1.29, 1.82) is 0 Å². The van der Waals surface area contributed by atoms with Gasteiger partial charge in [0.15, 0.2) is 6.29 Å². The second-order valence-corrected chi connectivity index (χ2v) is 14.0. The molecule has 4 atom stereocenters. The van der Waals surface area contributed by atoms with Crippen molar-refractivity contribution in [3.63, 3.8) is 0 Å². The standard InChI is InChI=1S/C35H47N3O5/c1-23-31(21-38-10-12-41-13-11-38)42-33(43-32(23)29-6-4-25(22-39)5-7-29)30-8-2-24(3-9-30)20-36-34(40)37-35-17-26-14-27(18-35)16-28(15-26)19-35/h2-9,23,26-28,31-33,39H,10-22H2,1H3,(H2,36,37,40). The summed E-state index contributed by atoms with van der Waals surface area (Å²) < 4.78 is 18.8. The van der Waals surface area contributed by atoms with Crippen molar-refractivity contribution < 1.29 is 24.1 Å². The third-order valence-electron chi connectivity index (χ3n) is 10.8. The Morgan fingerprint density at radius 2 is 1.49 bits per heavy atom. The summed E-state index contributed by atoms with van der Waals surface area (Å²) in [6.07, 6.45) is 6.93. The molecular weight excluding hydrogens is 542 g/mol. The first-order valence-corrected chi connectivity index (χ1v) is 16.4. The van der Waals surface area contributed by atoms with Gasteiger partial charge in [-0.3, -0.25) is 4.90 Å². The molecule has 2 amide bonds. The van der Waals surface area contributed by atoms with E-state index in [2.05, 4.69) is 58.9 Å². The van der Waals surface area contributed by atoms with Gasteiger partial charge in [0.1, 0.15) is 0 Å². The van der Waals surface area contributed by atoms with Crippen LogP contribution in [-0.4, -0.2) is 60.5 Å². The van der Waals surface area contributed by atoms with Crippen LogP contribution in [0.1, 0.15) is 80.1 Å². The lowest BCUT2D eigenvalue weighted by Gasteiger charge is -2.56. The highest BCUT2D eigenvalue weighted by Gasteiger charge is 2.51. The number of hydrogen-bond acceptors (Lipinski definition) is 6. The van der Waals surface area contributed by atoms with Gasteiger partial charge in [0.2, 0.25) is 0 Å². The largest absolute Gasteiger partial charge is 0.392 e. The average molecular weight is 590 g/mol. The normalized spacial score (nSPS) is 35.5. The highest BCUT2D eigenvalue weighted by Crippen LogP contribution is 2.55. The number of nitrogens with zero attached hydrogens (tertiary/aromatic N) is 1. The van der Waals surface area contributed by atoms with Crippen molar-refractivity contribution >= 4 is 6.03 Å². The van der Waals surface area contributed by atoms with E-state index in [9.17, 15) is 9.90 Å². The third kappa shape index (κ3) is 6.50. The van der Waals surface area contributed by atoms with Crippen molar-refractivity contribution in [2.75, 3.05) is 32.8 Å². The quantitative estimate of drug-likeness (QED) is 0.398. The van der Waals surface area contributed by atoms with Gasteiger partial charge in [0.25, 0.3) is 0 Å². The van der Waals surface area contributed by atoms with Crippen LogP contribution in [0.25, 0.3) is 0 Å². The topological polar surface area (TPSA) is 92.3 Å². The molecule has 4 saturated carbocycles. The summed E-state index contributed by atoms with van der Waals surface area (Å²) in [5, 5.41) is 16.1. The van der Waals surface area contributed by atoms with E-state index < -0.39 is 6.29 Å².